The summed E-state index contributed by atoms with van der Waals surface area (Å²) in [5.74, 6) is 1.12. The van der Waals surface area contributed by atoms with Crippen LogP contribution in [0, 0.1) is 0 Å². The molecule has 2 rings (SSSR count). The molecule has 1 aliphatic rings. The van der Waals surface area contributed by atoms with Crippen molar-refractivity contribution in [1.82, 2.24) is 4.57 Å². The molecule has 0 aromatic carbocycles. The Kier molecular flexibility index (Phi) is 2.78. The number of aromatic hydroxyl groups is 1. The third-order valence-electron chi connectivity index (χ3n) is 3.33. The molecular weight excluding hydrogens is 222 g/mol. The minimum atomic E-state index is -0.330. The summed E-state index contributed by atoms with van der Waals surface area (Å²) >= 11 is 1.65. The van der Waals surface area contributed by atoms with Gasteiger partial charge in [-0.25, -0.2) is 0 Å². The van der Waals surface area contributed by atoms with Crippen molar-refractivity contribution < 1.29 is 5.11 Å². The van der Waals surface area contributed by atoms with Gasteiger partial charge in [0.1, 0.15) is 0 Å². The maximum atomic E-state index is 12.0. The molecule has 88 valence electrons. The molecular formula is C12H17NO2S. The van der Waals surface area contributed by atoms with Crippen LogP contribution in [0.1, 0.15) is 32.8 Å². The van der Waals surface area contributed by atoms with E-state index in [0.29, 0.717) is 0 Å². The van der Waals surface area contributed by atoms with Gasteiger partial charge in [0.15, 0.2) is 5.88 Å². The third kappa shape index (κ3) is 1.65. The highest BCUT2D eigenvalue weighted by atomic mass is 32.2. The minimum Gasteiger partial charge on any atom is -0.494 e. The van der Waals surface area contributed by atoms with Gasteiger partial charge in [-0.15, -0.1) is 11.8 Å². The van der Waals surface area contributed by atoms with Gasteiger partial charge in [0.25, 0.3) is 5.56 Å². The molecule has 1 aromatic rings. The van der Waals surface area contributed by atoms with Crippen LogP contribution < -0.4 is 5.56 Å². The van der Waals surface area contributed by atoms with E-state index < -0.39 is 0 Å². The van der Waals surface area contributed by atoms with Crippen LogP contribution in [0.25, 0.3) is 0 Å². The van der Waals surface area contributed by atoms with Crippen LogP contribution in [-0.2, 0) is 12.0 Å². The Morgan fingerprint density at radius 3 is 2.88 bits per heavy atom. The Balaban J connectivity index is 2.68. The molecule has 0 atom stereocenters. The standard InChI is InChI=1S/C12H17NO2S/c1-4-12(2,3)13-10(14)7-9-8(11(13)15)5-6-16-9/h7,15H,4-6H2,1-3H3. The molecule has 1 N–H and O–H groups in total. The van der Waals surface area contributed by atoms with Crippen LogP contribution in [0.3, 0.4) is 0 Å². The summed E-state index contributed by atoms with van der Waals surface area (Å²) < 4.78 is 1.53. The van der Waals surface area contributed by atoms with Crippen molar-refractivity contribution in [3.63, 3.8) is 0 Å². The molecule has 0 bridgehead atoms. The molecule has 0 fully saturated rings. The summed E-state index contributed by atoms with van der Waals surface area (Å²) in [6.07, 6.45) is 1.66. The average Bonchev–Trinajstić information content (AvgIpc) is 2.65. The lowest BCUT2D eigenvalue weighted by molar-refractivity contribution is 0.277. The maximum absolute atomic E-state index is 12.0. The largest absolute Gasteiger partial charge is 0.494 e. The average molecular weight is 239 g/mol. The van der Waals surface area contributed by atoms with Gasteiger partial charge in [-0.3, -0.25) is 9.36 Å². The lowest BCUT2D eigenvalue weighted by Crippen LogP contribution is -2.35. The molecule has 0 unspecified atom stereocenters. The summed E-state index contributed by atoms with van der Waals surface area (Å²) in [5.41, 5.74) is 0.507. The number of hydrogen-bond donors (Lipinski definition) is 1. The van der Waals surface area contributed by atoms with E-state index in [2.05, 4.69) is 0 Å². The molecule has 0 spiro atoms. The summed E-state index contributed by atoms with van der Waals surface area (Å²) in [6, 6.07) is 1.66. The Labute approximate surface area is 99.5 Å². The maximum Gasteiger partial charge on any atom is 0.254 e. The zero-order chi connectivity index (χ0) is 11.9. The first-order chi connectivity index (χ1) is 7.47. The molecule has 0 saturated carbocycles. The monoisotopic (exact) mass is 239 g/mol. The number of fused-ring (bicyclic) bond motifs is 1. The van der Waals surface area contributed by atoms with Gasteiger partial charge in [-0.05, 0) is 26.7 Å². The fourth-order valence-corrected chi connectivity index (χ4v) is 3.06. The van der Waals surface area contributed by atoms with Crippen molar-refractivity contribution in [2.24, 2.45) is 0 Å². The topological polar surface area (TPSA) is 42.2 Å². The van der Waals surface area contributed by atoms with Gasteiger partial charge in [0, 0.05) is 27.8 Å². The second-order valence-corrected chi connectivity index (χ2v) is 5.89. The van der Waals surface area contributed by atoms with Gasteiger partial charge in [0.2, 0.25) is 0 Å². The van der Waals surface area contributed by atoms with Crippen molar-refractivity contribution in [2.45, 2.75) is 44.0 Å². The van der Waals surface area contributed by atoms with E-state index in [0.717, 1.165) is 29.1 Å². The number of pyridine rings is 1. The Hall–Kier alpha value is -0.900. The van der Waals surface area contributed by atoms with E-state index in [1.807, 2.05) is 20.8 Å². The molecule has 2 heterocycles. The van der Waals surface area contributed by atoms with Crippen LogP contribution in [-0.4, -0.2) is 15.4 Å². The zero-order valence-corrected chi connectivity index (χ0v) is 10.7. The van der Waals surface area contributed by atoms with E-state index in [1.165, 1.54) is 4.57 Å². The first-order valence-corrected chi connectivity index (χ1v) is 6.57. The number of nitrogens with zero attached hydrogens (tertiary/aromatic N) is 1. The fraction of sp³-hybridized carbons (Fsp3) is 0.583. The lowest BCUT2D eigenvalue weighted by atomic mass is 10.0. The fourth-order valence-electron chi connectivity index (χ4n) is 1.98. The molecule has 0 saturated heterocycles. The zero-order valence-electron chi connectivity index (χ0n) is 9.91. The van der Waals surface area contributed by atoms with Crippen molar-refractivity contribution in [3.05, 3.63) is 22.0 Å². The van der Waals surface area contributed by atoms with Gasteiger partial charge < -0.3 is 5.11 Å². The van der Waals surface area contributed by atoms with Crippen molar-refractivity contribution >= 4 is 11.8 Å². The second kappa shape index (κ2) is 3.84. The second-order valence-electron chi connectivity index (χ2n) is 4.75. The minimum absolute atomic E-state index is 0.0995. The van der Waals surface area contributed by atoms with E-state index >= 15 is 0 Å². The highest BCUT2D eigenvalue weighted by Crippen LogP contribution is 2.37. The number of hydrogen-bond acceptors (Lipinski definition) is 3. The van der Waals surface area contributed by atoms with Gasteiger partial charge in [-0.2, -0.15) is 0 Å². The molecule has 1 aromatic heterocycles. The lowest BCUT2D eigenvalue weighted by Gasteiger charge is -2.28. The first kappa shape index (κ1) is 11.6. The van der Waals surface area contributed by atoms with Gasteiger partial charge in [-0.1, -0.05) is 6.92 Å². The molecule has 3 nitrogen and oxygen atoms in total. The van der Waals surface area contributed by atoms with Crippen LogP contribution in [0.15, 0.2) is 15.8 Å². The quantitative estimate of drug-likeness (QED) is 0.861. The molecule has 4 heteroatoms. The summed E-state index contributed by atoms with van der Waals surface area (Å²) in [5, 5.41) is 10.2. The predicted octanol–water partition coefficient (Wildman–Crippen LogP) is 2.35. The normalized spacial score (nSPS) is 15.2. The van der Waals surface area contributed by atoms with Crippen LogP contribution in [0.4, 0.5) is 0 Å². The van der Waals surface area contributed by atoms with E-state index in [9.17, 15) is 9.90 Å². The molecule has 16 heavy (non-hydrogen) atoms. The smallest absolute Gasteiger partial charge is 0.254 e. The van der Waals surface area contributed by atoms with E-state index in [4.69, 9.17) is 0 Å². The molecule has 0 radical (unpaired) electrons. The van der Waals surface area contributed by atoms with Crippen molar-refractivity contribution in [1.29, 1.82) is 0 Å². The highest BCUT2D eigenvalue weighted by Gasteiger charge is 2.27. The van der Waals surface area contributed by atoms with E-state index in [-0.39, 0.29) is 17.0 Å². The summed E-state index contributed by atoms with van der Waals surface area (Å²) in [4.78, 5) is 12.9. The van der Waals surface area contributed by atoms with Gasteiger partial charge in [0.05, 0.1) is 0 Å². The van der Waals surface area contributed by atoms with Crippen LogP contribution in [0.2, 0.25) is 0 Å². The van der Waals surface area contributed by atoms with Crippen LogP contribution in [0.5, 0.6) is 5.88 Å². The third-order valence-corrected chi connectivity index (χ3v) is 4.42. The number of rotatable bonds is 2. The molecule has 0 aliphatic carbocycles. The highest BCUT2D eigenvalue weighted by molar-refractivity contribution is 7.99. The molecule has 0 amide bonds. The van der Waals surface area contributed by atoms with Crippen molar-refractivity contribution in [2.75, 3.05) is 5.75 Å². The number of thioether (sulfide) groups is 1. The van der Waals surface area contributed by atoms with E-state index in [1.54, 1.807) is 17.8 Å². The van der Waals surface area contributed by atoms with Crippen molar-refractivity contribution in [3.8, 4) is 5.88 Å². The van der Waals surface area contributed by atoms with Crippen LogP contribution >= 0.6 is 11.8 Å². The molecule has 1 aliphatic heterocycles. The Morgan fingerprint density at radius 2 is 2.25 bits per heavy atom. The predicted molar refractivity (Wildman–Crippen MR) is 66.4 cm³/mol. The number of aromatic nitrogens is 1. The summed E-state index contributed by atoms with van der Waals surface area (Å²) in [7, 11) is 0. The summed E-state index contributed by atoms with van der Waals surface area (Å²) in [6.45, 7) is 5.97. The first-order valence-electron chi connectivity index (χ1n) is 5.58. The Bertz CT molecular complexity index is 477. The Morgan fingerprint density at radius 1 is 1.56 bits per heavy atom. The van der Waals surface area contributed by atoms with Gasteiger partial charge >= 0.3 is 0 Å². The SMILES string of the molecule is CCC(C)(C)n1c(O)c2c(cc1=O)SCC2.